The number of aromatic nitrogens is 2. The van der Waals surface area contributed by atoms with Crippen LogP contribution < -0.4 is 10.2 Å². The molecule has 0 fully saturated rings. The molecule has 2 N–H and O–H groups in total. The van der Waals surface area contributed by atoms with Crippen LogP contribution in [-0.4, -0.2) is 48.1 Å². The first-order valence-electron chi connectivity index (χ1n) is 9.62. The van der Waals surface area contributed by atoms with E-state index in [0.717, 1.165) is 22.5 Å². The first-order chi connectivity index (χ1) is 14.0. The molecule has 148 valence electrons. The summed E-state index contributed by atoms with van der Waals surface area (Å²) in [4.78, 5) is 31.7. The van der Waals surface area contributed by atoms with Gasteiger partial charge in [-0.2, -0.15) is 0 Å². The molecule has 0 aliphatic carbocycles. The molecule has 1 aliphatic rings. The van der Waals surface area contributed by atoms with Crippen molar-refractivity contribution in [3.63, 3.8) is 0 Å². The predicted molar refractivity (Wildman–Crippen MR) is 118 cm³/mol. The van der Waals surface area contributed by atoms with Gasteiger partial charge in [0.25, 0.3) is 0 Å². The number of anilines is 2. The van der Waals surface area contributed by atoms with Crippen molar-refractivity contribution in [2.75, 3.05) is 23.8 Å². The fraction of sp³-hybridized carbons (Fsp3) is 0.273. The van der Waals surface area contributed by atoms with E-state index in [4.69, 9.17) is 0 Å². The van der Waals surface area contributed by atoms with Gasteiger partial charge in [0.15, 0.2) is 0 Å². The minimum Gasteiger partial charge on any atom is -0.343 e. The molecule has 3 aromatic rings. The number of carbonyl (C=O) groups is 1. The summed E-state index contributed by atoms with van der Waals surface area (Å²) < 4.78 is 0. The number of rotatable bonds is 5. The second-order valence-corrected chi connectivity index (χ2v) is 7.52. The molecule has 4 rings (SSSR count). The number of carbonyl (C=O) groups excluding carboxylic acids is 1. The highest BCUT2D eigenvalue weighted by Crippen LogP contribution is 2.28. The van der Waals surface area contributed by atoms with E-state index >= 15 is 0 Å². The molecule has 2 aromatic carbocycles. The van der Waals surface area contributed by atoms with Crippen molar-refractivity contribution in [2.45, 2.75) is 25.3 Å². The van der Waals surface area contributed by atoms with Crippen molar-refractivity contribution in [1.82, 2.24) is 9.97 Å². The number of nitrogens with zero attached hydrogens (tertiary/aromatic N) is 4. The zero-order chi connectivity index (χ0) is 20.4. The number of fused-ring (bicyclic) bond motifs is 1. The molecule has 2 heterocycles. The summed E-state index contributed by atoms with van der Waals surface area (Å²) in [5.74, 6) is 0.635. The molecule has 0 saturated heterocycles. The van der Waals surface area contributed by atoms with Gasteiger partial charge in [-0.15, -0.1) is 0 Å². The van der Waals surface area contributed by atoms with Gasteiger partial charge in [-0.05, 0) is 37.6 Å². The molecule has 7 heteroatoms. The molecule has 0 saturated carbocycles. The lowest BCUT2D eigenvalue weighted by atomic mass is 9.80. The Morgan fingerprint density at radius 3 is 2.69 bits per heavy atom. The van der Waals surface area contributed by atoms with Crippen LogP contribution in [0, 0.1) is 0 Å². The summed E-state index contributed by atoms with van der Waals surface area (Å²) >= 11 is 0. The number of benzene rings is 2. The number of H-pyrrole nitrogens is 1. The predicted octanol–water partition coefficient (Wildman–Crippen LogP) is 3.40. The topological polar surface area (TPSA) is 85.7 Å². The van der Waals surface area contributed by atoms with E-state index in [2.05, 4.69) is 44.0 Å². The van der Waals surface area contributed by atoms with Gasteiger partial charge in [0.05, 0.1) is 17.6 Å². The third-order valence-electron chi connectivity index (χ3n) is 5.31. The number of aliphatic imine (C=N–C) groups is 2. The van der Waals surface area contributed by atoms with Gasteiger partial charge in [-0.1, -0.05) is 30.3 Å². The van der Waals surface area contributed by atoms with Crippen LogP contribution in [-0.2, 0) is 10.2 Å². The number of nitrogens with one attached hydrogen (secondary N) is 2. The Morgan fingerprint density at radius 2 is 2.00 bits per heavy atom. The third-order valence-corrected chi connectivity index (χ3v) is 5.31. The maximum absolute atomic E-state index is 13.3. The molecule has 29 heavy (non-hydrogen) atoms. The van der Waals surface area contributed by atoms with Crippen molar-refractivity contribution in [3.8, 4) is 0 Å². The van der Waals surface area contributed by atoms with E-state index in [9.17, 15) is 4.79 Å². The first-order valence-corrected chi connectivity index (χ1v) is 9.62. The lowest BCUT2D eigenvalue weighted by molar-refractivity contribution is -0.119. The van der Waals surface area contributed by atoms with Gasteiger partial charge >= 0.3 is 0 Å². The van der Waals surface area contributed by atoms with Crippen molar-refractivity contribution in [2.24, 2.45) is 9.98 Å². The standard InChI is InChI=1S/C22H24N6O/c1-15(2)28(3)21-26-18-10-9-17(11-19(18)27-21)25-20(29)22(12-23-14-24-13-22)16-7-5-4-6-8-16/h4-12,14-15H,13H2,1-3H3,(H,25,29)(H,26,27). The van der Waals surface area contributed by atoms with Crippen LogP contribution in [0.5, 0.6) is 0 Å². The van der Waals surface area contributed by atoms with Crippen molar-refractivity contribution in [1.29, 1.82) is 0 Å². The van der Waals surface area contributed by atoms with E-state index in [-0.39, 0.29) is 5.91 Å². The van der Waals surface area contributed by atoms with Crippen molar-refractivity contribution in [3.05, 3.63) is 54.1 Å². The van der Waals surface area contributed by atoms with Gasteiger partial charge in [-0.3, -0.25) is 9.79 Å². The third kappa shape index (κ3) is 3.51. The monoisotopic (exact) mass is 388 g/mol. The molecule has 1 amide bonds. The Morgan fingerprint density at radius 1 is 1.21 bits per heavy atom. The lowest BCUT2D eigenvalue weighted by Crippen LogP contribution is -2.45. The molecule has 1 atom stereocenters. The second-order valence-electron chi connectivity index (χ2n) is 7.52. The van der Waals surface area contributed by atoms with E-state index in [0.29, 0.717) is 18.3 Å². The Hall–Kier alpha value is -3.48. The maximum Gasteiger partial charge on any atom is 0.242 e. The molecular formula is C22H24N6O. The minimum atomic E-state index is -0.929. The summed E-state index contributed by atoms with van der Waals surface area (Å²) in [5.41, 5.74) is 2.35. The summed E-state index contributed by atoms with van der Waals surface area (Å²) in [7, 11) is 2.00. The fourth-order valence-electron chi connectivity index (χ4n) is 3.32. The van der Waals surface area contributed by atoms with Crippen LogP contribution in [0.15, 0.2) is 58.5 Å². The van der Waals surface area contributed by atoms with E-state index < -0.39 is 5.41 Å². The average Bonchev–Trinajstić information content (AvgIpc) is 3.17. The molecule has 0 radical (unpaired) electrons. The van der Waals surface area contributed by atoms with Gasteiger partial charge in [0, 0.05) is 25.0 Å². The van der Waals surface area contributed by atoms with Gasteiger partial charge in [0.1, 0.15) is 11.8 Å². The Balaban J connectivity index is 1.64. The lowest BCUT2D eigenvalue weighted by Gasteiger charge is -2.28. The molecule has 7 nitrogen and oxygen atoms in total. The summed E-state index contributed by atoms with van der Waals surface area (Å²) in [6, 6.07) is 15.6. The highest BCUT2D eigenvalue weighted by Gasteiger charge is 2.39. The molecule has 1 unspecified atom stereocenters. The Kier molecular flexibility index (Phi) is 4.88. The molecule has 0 spiro atoms. The normalized spacial score (nSPS) is 18.3. The zero-order valence-electron chi connectivity index (χ0n) is 16.8. The molecular weight excluding hydrogens is 364 g/mol. The van der Waals surface area contributed by atoms with Crippen LogP contribution >= 0.6 is 0 Å². The van der Waals surface area contributed by atoms with Crippen molar-refractivity contribution >= 4 is 41.1 Å². The largest absolute Gasteiger partial charge is 0.343 e. The summed E-state index contributed by atoms with van der Waals surface area (Å²) in [6.07, 6.45) is 3.16. The smallest absolute Gasteiger partial charge is 0.242 e. The van der Waals surface area contributed by atoms with Crippen LogP contribution in [0.4, 0.5) is 11.6 Å². The molecule has 1 aromatic heterocycles. The van der Waals surface area contributed by atoms with Crippen LogP contribution in [0.1, 0.15) is 19.4 Å². The number of hydrogen-bond acceptors (Lipinski definition) is 5. The Labute approximate surface area is 169 Å². The Bertz CT molecular complexity index is 1090. The average molecular weight is 388 g/mol. The van der Waals surface area contributed by atoms with E-state index in [1.165, 1.54) is 6.34 Å². The van der Waals surface area contributed by atoms with Gasteiger partial charge in [-0.25, -0.2) is 9.98 Å². The van der Waals surface area contributed by atoms with Crippen molar-refractivity contribution < 1.29 is 4.79 Å². The zero-order valence-corrected chi connectivity index (χ0v) is 16.8. The van der Waals surface area contributed by atoms with E-state index in [1.54, 1.807) is 6.21 Å². The van der Waals surface area contributed by atoms with Gasteiger partial charge in [0.2, 0.25) is 11.9 Å². The second kappa shape index (κ2) is 7.50. The van der Waals surface area contributed by atoms with Crippen LogP contribution in [0.3, 0.4) is 0 Å². The number of amides is 1. The first kappa shape index (κ1) is 18.9. The molecule has 0 bridgehead atoms. The summed E-state index contributed by atoms with van der Waals surface area (Å²) in [6.45, 7) is 4.54. The fourth-order valence-corrected chi connectivity index (χ4v) is 3.32. The van der Waals surface area contributed by atoms with Crippen LogP contribution in [0.25, 0.3) is 11.0 Å². The minimum absolute atomic E-state index is 0.164. The number of hydrogen-bond donors (Lipinski definition) is 2. The van der Waals surface area contributed by atoms with E-state index in [1.807, 2.05) is 55.6 Å². The summed E-state index contributed by atoms with van der Waals surface area (Å²) in [5, 5.41) is 3.04. The SMILES string of the molecule is CC(C)N(C)c1nc2ccc(NC(=O)C3(c4ccccc4)C=NC=NC3)cc2[nH]1. The molecule has 1 aliphatic heterocycles. The highest BCUT2D eigenvalue weighted by molar-refractivity contribution is 6.13. The number of aromatic amines is 1. The highest BCUT2D eigenvalue weighted by atomic mass is 16.2. The quantitative estimate of drug-likeness (QED) is 0.702. The van der Waals surface area contributed by atoms with Gasteiger partial charge < -0.3 is 15.2 Å². The van der Waals surface area contributed by atoms with Crippen LogP contribution in [0.2, 0.25) is 0 Å². The maximum atomic E-state index is 13.3. The number of imidazole rings is 1.